The van der Waals surface area contributed by atoms with Gasteiger partial charge in [0.1, 0.15) is 11.6 Å². The highest BCUT2D eigenvalue weighted by Crippen LogP contribution is 2.25. The average molecular weight is 395 g/mol. The van der Waals surface area contributed by atoms with Gasteiger partial charge in [-0.1, -0.05) is 48.5 Å². The first-order chi connectivity index (χ1) is 14.8. The monoisotopic (exact) mass is 395 g/mol. The Morgan fingerprint density at radius 2 is 1.47 bits per heavy atom. The van der Waals surface area contributed by atoms with E-state index < -0.39 is 0 Å². The van der Waals surface area contributed by atoms with Crippen molar-refractivity contribution in [2.45, 2.75) is 0 Å². The Morgan fingerprint density at radius 1 is 0.767 bits per heavy atom. The molecule has 0 bridgehead atoms. The summed E-state index contributed by atoms with van der Waals surface area (Å²) >= 11 is 0. The van der Waals surface area contributed by atoms with Crippen LogP contribution in [-0.4, -0.2) is 17.5 Å². The maximum Gasteiger partial charge on any atom is 0.262 e. The molecule has 0 aliphatic carbocycles. The molecule has 1 aromatic heterocycles. The van der Waals surface area contributed by atoms with Gasteiger partial charge in [-0.25, -0.2) is 4.98 Å². The number of para-hydroxylation sites is 2. The first-order valence-corrected chi connectivity index (χ1v) is 9.62. The summed E-state index contributed by atoms with van der Waals surface area (Å²) in [5, 5.41) is 6.18. The Bertz CT molecular complexity index is 1120. The van der Waals surface area contributed by atoms with Crippen LogP contribution in [0.15, 0.2) is 103 Å². The van der Waals surface area contributed by atoms with Crippen LogP contribution in [0.4, 0.5) is 17.2 Å². The lowest BCUT2D eigenvalue weighted by molar-refractivity contribution is -0.118. The van der Waals surface area contributed by atoms with Gasteiger partial charge in [-0.15, -0.1) is 0 Å². The molecule has 0 saturated heterocycles. The van der Waals surface area contributed by atoms with Crippen molar-refractivity contribution in [3.63, 3.8) is 0 Å². The van der Waals surface area contributed by atoms with Crippen molar-refractivity contribution >= 4 is 23.1 Å². The molecule has 1 heterocycles. The first kappa shape index (κ1) is 19.2. The topological polar surface area (TPSA) is 63.2 Å². The highest BCUT2D eigenvalue weighted by Gasteiger charge is 2.06. The molecule has 30 heavy (non-hydrogen) atoms. The maximum atomic E-state index is 12.2. The summed E-state index contributed by atoms with van der Waals surface area (Å²) in [7, 11) is 0. The van der Waals surface area contributed by atoms with E-state index in [2.05, 4.69) is 15.6 Å². The Labute approximate surface area is 175 Å². The minimum Gasteiger partial charge on any atom is -0.484 e. The highest BCUT2D eigenvalue weighted by atomic mass is 16.5. The van der Waals surface area contributed by atoms with E-state index in [0.29, 0.717) is 11.4 Å². The van der Waals surface area contributed by atoms with Crippen LogP contribution in [0.25, 0.3) is 11.1 Å². The van der Waals surface area contributed by atoms with Gasteiger partial charge in [0.2, 0.25) is 0 Å². The zero-order valence-electron chi connectivity index (χ0n) is 16.3. The molecule has 5 nitrogen and oxygen atoms in total. The Balaban J connectivity index is 1.43. The molecule has 1 amide bonds. The number of anilines is 3. The molecular formula is C25H21N3O2. The molecule has 0 aliphatic heterocycles. The Kier molecular flexibility index (Phi) is 6.01. The summed E-state index contributed by atoms with van der Waals surface area (Å²) in [6, 6.07) is 30.8. The van der Waals surface area contributed by atoms with E-state index in [1.165, 1.54) is 0 Å². The number of nitrogens with one attached hydrogen (secondary N) is 2. The van der Waals surface area contributed by atoms with Crippen LogP contribution in [0.3, 0.4) is 0 Å². The molecule has 4 aromatic rings. The Hall–Kier alpha value is -4.12. The summed E-state index contributed by atoms with van der Waals surface area (Å²) < 4.78 is 5.50. The molecule has 0 unspecified atom stereocenters. The molecule has 148 valence electrons. The van der Waals surface area contributed by atoms with Gasteiger partial charge in [0.25, 0.3) is 5.91 Å². The lowest BCUT2D eigenvalue weighted by Gasteiger charge is -2.10. The molecule has 0 aliphatic rings. The number of carbonyl (C=O) groups excluding carboxylic acids is 1. The van der Waals surface area contributed by atoms with Crippen LogP contribution >= 0.6 is 0 Å². The molecular weight excluding hydrogens is 374 g/mol. The summed E-state index contributed by atoms with van der Waals surface area (Å²) in [6.45, 7) is -0.0470. The minimum atomic E-state index is -0.211. The largest absolute Gasteiger partial charge is 0.484 e. The van der Waals surface area contributed by atoms with Crippen molar-refractivity contribution in [1.29, 1.82) is 0 Å². The predicted octanol–water partition coefficient (Wildman–Crippen LogP) is 5.51. The van der Waals surface area contributed by atoms with Gasteiger partial charge in [-0.05, 0) is 59.7 Å². The van der Waals surface area contributed by atoms with Crippen molar-refractivity contribution in [2.24, 2.45) is 0 Å². The van der Waals surface area contributed by atoms with E-state index >= 15 is 0 Å². The zero-order chi connectivity index (χ0) is 20.6. The molecule has 3 aromatic carbocycles. The summed E-state index contributed by atoms with van der Waals surface area (Å²) in [5.74, 6) is 1.21. The molecule has 5 heteroatoms. The van der Waals surface area contributed by atoms with Crippen LogP contribution in [0.5, 0.6) is 5.75 Å². The number of hydrogen-bond acceptors (Lipinski definition) is 4. The third-order valence-electron chi connectivity index (χ3n) is 4.40. The number of amides is 1. The highest BCUT2D eigenvalue weighted by molar-refractivity contribution is 5.92. The van der Waals surface area contributed by atoms with Gasteiger partial charge in [0, 0.05) is 17.6 Å². The number of nitrogens with zero attached hydrogens (tertiary/aromatic N) is 1. The van der Waals surface area contributed by atoms with E-state index in [-0.39, 0.29) is 12.5 Å². The second-order valence-corrected chi connectivity index (χ2v) is 6.65. The second kappa shape index (κ2) is 9.39. The van der Waals surface area contributed by atoms with Gasteiger partial charge in [0.05, 0.1) is 0 Å². The van der Waals surface area contributed by atoms with E-state index in [1.807, 2.05) is 97.1 Å². The number of aromatic nitrogens is 1. The van der Waals surface area contributed by atoms with Gasteiger partial charge in [-0.2, -0.15) is 0 Å². The fourth-order valence-corrected chi connectivity index (χ4v) is 2.99. The molecule has 0 saturated carbocycles. The number of rotatable bonds is 7. The number of benzene rings is 3. The van der Waals surface area contributed by atoms with Gasteiger partial charge < -0.3 is 15.4 Å². The van der Waals surface area contributed by atoms with Gasteiger partial charge >= 0.3 is 0 Å². The number of pyridine rings is 1. The number of carbonyl (C=O) groups is 1. The lowest BCUT2D eigenvalue weighted by atomic mass is 10.1. The molecule has 0 fully saturated rings. The lowest BCUT2D eigenvalue weighted by Crippen LogP contribution is -2.20. The fraction of sp³-hybridized carbons (Fsp3) is 0.0400. The predicted molar refractivity (Wildman–Crippen MR) is 120 cm³/mol. The fourth-order valence-electron chi connectivity index (χ4n) is 2.99. The quantitative estimate of drug-likeness (QED) is 0.433. The van der Waals surface area contributed by atoms with E-state index in [1.54, 1.807) is 6.20 Å². The van der Waals surface area contributed by atoms with Crippen molar-refractivity contribution < 1.29 is 9.53 Å². The summed E-state index contributed by atoms with van der Waals surface area (Å²) in [4.78, 5) is 16.6. The van der Waals surface area contributed by atoms with Crippen LogP contribution in [0, 0.1) is 0 Å². The molecule has 0 spiro atoms. The molecule has 0 atom stereocenters. The number of ether oxygens (including phenoxy) is 1. The third kappa shape index (κ3) is 5.23. The number of hydrogen-bond donors (Lipinski definition) is 2. The smallest absolute Gasteiger partial charge is 0.262 e. The Morgan fingerprint density at radius 3 is 2.27 bits per heavy atom. The van der Waals surface area contributed by atoms with E-state index in [0.717, 1.165) is 22.6 Å². The third-order valence-corrected chi connectivity index (χ3v) is 4.40. The van der Waals surface area contributed by atoms with Crippen molar-refractivity contribution in [3.05, 3.63) is 103 Å². The van der Waals surface area contributed by atoms with Crippen molar-refractivity contribution in [1.82, 2.24) is 4.98 Å². The molecule has 2 N–H and O–H groups in total. The van der Waals surface area contributed by atoms with E-state index in [9.17, 15) is 4.79 Å². The minimum absolute atomic E-state index is 0.0470. The van der Waals surface area contributed by atoms with Crippen LogP contribution in [0.2, 0.25) is 0 Å². The summed E-state index contributed by atoms with van der Waals surface area (Å²) in [6.07, 6.45) is 1.76. The first-order valence-electron chi connectivity index (χ1n) is 9.62. The van der Waals surface area contributed by atoms with E-state index in [4.69, 9.17) is 4.74 Å². The SMILES string of the molecule is O=C(COc1ccccc1)Nc1cccc(-c2ccnc(Nc3ccccc3)c2)c1. The van der Waals surface area contributed by atoms with Crippen LogP contribution in [0.1, 0.15) is 0 Å². The second-order valence-electron chi connectivity index (χ2n) is 6.65. The van der Waals surface area contributed by atoms with Crippen LogP contribution < -0.4 is 15.4 Å². The summed E-state index contributed by atoms with van der Waals surface area (Å²) in [5.41, 5.74) is 3.67. The van der Waals surface area contributed by atoms with Gasteiger partial charge in [-0.3, -0.25) is 4.79 Å². The zero-order valence-corrected chi connectivity index (χ0v) is 16.3. The van der Waals surface area contributed by atoms with Gasteiger partial charge in [0.15, 0.2) is 6.61 Å². The van der Waals surface area contributed by atoms with Crippen molar-refractivity contribution in [2.75, 3.05) is 17.2 Å². The molecule has 0 radical (unpaired) electrons. The van der Waals surface area contributed by atoms with Crippen LogP contribution in [-0.2, 0) is 4.79 Å². The normalized spacial score (nSPS) is 10.3. The average Bonchev–Trinajstić information content (AvgIpc) is 2.79. The van der Waals surface area contributed by atoms with Crippen molar-refractivity contribution in [3.8, 4) is 16.9 Å². The maximum absolute atomic E-state index is 12.2. The standard InChI is InChI=1S/C25H21N3O2/c29-25(18-30-23-12-5-2-6-13-23)28-22-11-7-8-19(16-22)20-14-15-26-24(17-20)27-21-9-3-1-4-10-21/h1-17H,18H2,(H,26,27)(H,28,29). The molecule has 4 rings (SSSR count).